The van der Waals surface area contributed by atoms with Crippen LogP contribution in [0.25, 0.3) is 11.2 Å². The number of nitrogen functional groups attached to an aromatic ring is 1. The van der Waals surface area contributed by atoms with Gasteiger partial charge in [0.1, 0.15) is 12.1 Å². The van der Waals surface area contributed by atoms with E-state index in [0.29, 0.717) is 22.1 Å². The molecule has 1 unspecified atom stereocenters. The number of halogens is 1. The fourth-order valence-electron chi connectivity index (χ4n) is 2.86. The van der Waals surface area contributed by atoms with Gasteiger partial charge in [0, 0.05) is 28.3 Å². The van der Waals surface area contributed by atoms with Gasteiger partial charge in [0.15, 0.2) is 27.9 Å². The zero-order valence-electron chi connectivity index (χ0n) is 14.2. The number of thioether (sulfide) groups is 1. The first-order valence-corrected chi connectivity index (χ1v) is 10.4. The molecule has 26 heavy (non-hydrogen) atoms. The van der Waals surface area contributed by atoms with Gasteiger partial charge in [-0.15, -0.1) is 0 Å². The van der Waals surface area contributed by atoms with Crippen LogP contribution in [-0.2, 0) is 16.0 Å². The van der Waals surface area contributed by atoms with Crippen LogP contribution in [0.1, 0.15) is 13.3 Å². The zero-order chi connectivity index (χ0) is 18.1. The van der Waals surface area contributed by atoms with E-state index in [4.69, 9.17) is 20.2 Å². The predicted molar refractivity (Wildman–Crippen MR) is 109 cm³/mol. The van der Waals surface area contributed by atoms with Crippen molar-refractivity contribution < 1.29 is 9.47 Å². The molecular formula is C16H19IN6O2S. The molecule has 0 spiro atoms. The van der Waals surface area contributed by atoms with Crippen LogP contribution in [0.5, 0.6) is 0 Å². The Labute approximate surface area is 168 Å². The van der Waals surface area contributed by atoms with Gasteiger partial charge in [0.05, 0.1) is 0 Å². The summed E-state index contributed by atoms with van der Waals surface area (Å²) in [4.78, 5) is 14.4. The van der Waals surface area contributed by atoms with E-state index >= 15 is 0 Å². The number of hydrogen-bond donors (Lipinski definition) is 2. The van der Waals surface area contributed by atoms with Crippen molar-refractivity contribution in [3.05, 3.63) is 28.8 Å². The minimum absolute atomic E-state index is 0.301. The number of nitrogens with zero attached hydrogens (tertiary/aromatic N) is 4. The van der Waals surface area contributed by atoms with Gasteiger partial charge in [-0.05, 0) is 12.6 Å². The van der Waals surface area contributed by atoms with E-state index in [1.54, 1.807) is 11.8 Å². The summed E-state index contributed by atoms with van der Waals surface area (Å²) >= 11 is 4.06. The molecule has 138 valence electrons. The molecule has 0 fully saturated rings. The number of anilines is 1. The number of nitrogens with two attached hydrogens (primary N) is 1. The Morgan fingerprint density at radius 2 is 2.31 bits per heavy atom. The normalized spacial score (nSPS) is 19.3. The smallest absolute Gasteiger partial charge is 0.230 e. The Morgan fingerprint density at radius 3 is 3.15 bits per heavy atom. The quantitative estimate of drug-likeness (QED) is 0.365. The van der Waals surface area contributed by atoms with E-state index < -0.39 is 0 Å². The number of alkyl halides is 1. The third kappa shape index (κ3) is 3.37. The average Bonchev–Trinajstić information content (AvgIpc) is 3.21. The summed E-state index contributed by atoms with van der Waals surface area (Å²) in [5.74, 6) is 2.17. The summed E-state index contributed by atoms with van der Waals surface area (Å²) in [7, 11) is 0. The molecule has 2 aromatic heterocycles. The summed E-state index contributed by atoms with van der Waals surface area (Å²) < 4.78 is 13.5. The lowest BCUT2D eigenvalue weighted by Crippen LogP contribution is -2.20. The number of hydrogen-bond acceptors (Lipinski definition) is 8. The number of nitrogens with one attached hydrogen (secondary N) is 1. The van der Waals surface area contributed by atoms with Gasteiger partial charge in [-0.1, -0.05) is 41.3 Å². The second kappa shape index (κ2) is 7.61. The molecule has 10 heteroatoms. The molecule has 2 aromatic rings. The van der Waals surface area contributed by atoms with Gasteiger partial charge in [-0.25, -0.2) is 15.0 Å². The summed E-state index contributed by atoms with van der Waals surface area (Å²) in [5.41, 5.74) is 7.42. The largest absolute Gasteiger partial charge is 0.458 e. The first-order chi connectivity index (χ1) is 12.7. The minimum atomic E-state index is 0.301. The molecule has 0 bridgehead atoms. The van der Waals surface area contributed by atoms with Crippen LogP contribution in [0.2, 0.25) is 0 Å². The van der Waals surface area contributed by atoms with E-state index in [9.17, 15) is 0 Å². The summed E-state index contributed by atoms with van der Waals surface area (Å²) in [6.45, 7) is 4.90. The van der Waals surface area contributed by atoms with Crippen LogP contribution in [0.15, 0.2) is 34.0 Å². The fourth-order valence-corrected chi connectivity index (χ4v) is 4.83. The van der Waals surface area contributed by atoms with Gasteiger partial charge in [-0.2, -0.15) is 0 Å². The fraction of sp³-hybridized carbons (Fsp3) is 0.438. The van der Waals surface area contributed by atoms with Crippen LogP contribution in [0.3, 0.4) is 0 Å². The highest BCUT2D eigenvalue weighted by Gasteiger charge is 2.29. The number of likely N-dealkylation sites (N-methyl/N-ethyl adjacent to an activating group) is 1. The number of imidazole rings is 1. The molecule has 0 saturated heterocycles. The van der Waals surface area contributed by atoms with Crippen LogP contribution in [0, 0.1) is 0 Å². The van der Waals surface area contributed by atoms with Gasteiger partial charge < -0.3 is 25.1 Å². The minimum Gasteiger partial charge on any atom is -0.458 e. The van der Waals surface area contributed by atoms with E-state index in [0.717, 1.165) is 48.4 Å². The number of aromatic nitrogens is 4. The lowest BCUT2D eigenvalue weighted by molar-refractivity contribution is 0.0731. The molecule has 3 N–H and O–H groups in total. The Morgan fingerprint density at radius 1 is 1.42 bits per heavy atom. The topological polar surface area (TPSA) is 100 Å². The Hall–Kier alpha value is -1.53. The molecule has 1 atom stereocenters. The maximum absolute atomic E-state index is 6.01. The van der Waals surface area contributed by atoms with Gasteiger partial charge >= 0.3 is 0 Å². The molecule has 3 heterocycles. The Balaban J connectivity index is 1.69. The number of fused-ring (bicyclic) bond motifs is 1. The summed E-state index contributed by atoms with van der Waals surface area (Å²) in [6.07, 6.45) is 4.37. The molecule has 0 amide bonds. The zero-order valence-corrected chi connectivity index (χ0v) is 17.2. The number of allylic oxidation sites excluding steroid dienone is 3. The highest BCUT2D eigenvalue weighted by atomic mass is 127. The van der Waals surface area contributed by atoms with E-state index in [1.165, 1.54) is 11.2 Å². The Bertz CT molecular complexity index is 896. The maximum atomic E-state index is 6.01. The van der Waals surface area contributed by atoms with Gasteiger partial charge in [0.25, 0.3) is 0 Å². The van der Waals surface area contributed by atoms with Crippen molar-refractivity contribution >= 4 is 51.3 Å². The van der Waals surface area contributed by atoms with Crippen LogP contribution in [-0.4, -0.2) is 43.3 Å². The SMILES string of the molecule is CCNCCn1c(SC2=CC3=C(CC2I)OCO3)nc2c(N)ncnc21. The second-order valence-electron chi connectivity index (χ2n) is 5.85. The van der Waals surface area contributed by atoms with Crippen LogP contribution >= 0.6 is 34.4 Å². The molecule has 0 aromatic carbocycles. The van der Waals surface area contributed by atoms with Crippen molar-refractivity contribution in [2.75, 3.05) is 25.6 Å². The molecule has 0 radical (unpaired) electrons. The average molecular weight is 486 g/mol. The highest BCUT2D eigenvalue weighted by molar-refractivity contribution is 14.1. The van der Waals surface area contributed by atoms with E-state index in [-0.39, 0.29) is 0 Å². The second-order valence-corrected chi connectivity index (χ2v) is 8.39. The van der Waals surface area contributed by atoms with Crippen molar-refractivity contribution in [2.24, 2.45) is 0 Å². The molecule has 8 nitrogen and oxygen atoms in total. The monoisotopic (exact) mass is 486 g/mol. The van der Waals surface area contributed by atoms with E-state index in [2.05, 4.69) is 55.4 Å². The van der Waals surface area contributed by atoms with Crippen LogP contribution in [0.4, 0.5) is 5.82 Å². The molecule has 4 rings (SSSR count). The predicted octanol–water partition coefficient (Wildman–Crippen LogP) is 2.42. The van der Waals surface area contributed by atoms with Gasteiger partial charge in [0.2, 0.25) is 6.79 Å². The number of rotatable bonds is 6. The molecule has 1 aliphatic carbocycles. The van der Waals surface area contributed by atoms with Crippen molar-refractivity contribution in [1.29, 1.82) is 0 Å². The first-order valence-electron chi connectivity index (χ1n) is 8.37. The van der Waals surface area contributed by atoms with Crippen molar-refractivity contribution in [2.45, 2.75) is 29.0 Å². The lowest BCUT2D eigenvalue weighted by atomic mass is 10.1. The first kappa shape index (κ1) is 17.9. The van der Waals surface area contributed by atoms with E-state index in [1.807, 2.05) is 0 Å². The summed E-state index contributed by atoms with van der Waals surface area (Å²) in [5, 5.41) is 4.21. The standard InChI is InChI=1S/C16H19IN6O2S/c1-2-19-3-4-23-15-13(14(18)20-7-21-15)22-16(23)26-12-6-11-10(5-9(12)17)24-8-25-11/h6-7,9,19H,2-5,8H2,1H3,(H2,18,20,21). The molecule has 1 aliphatic heterocycles. The van der Waals surface area contributed by atoms with Crippen LogP contribution < -0.4 is 11.1 Å². The molecule has 2 aliphatic rings. The lowest BCUT2D eigenvalue weighted by Gasteiger charge is -2.18. The van der Waals surface area contributed by atoms with Crippen molar-refractivity contribution in [1.82, 2.24) is 24.8 Å². The van der Waals surface area contributed by atoms with Gasteiger partial charge in [-0.3, -0.25) is 0 Å². The third-order valence-electron chi connectivity index (χ3n) is 4.17. The maximum Gasteiger partial charge on any atom is 0.230 e. The van der Waals surface area contributed by atoms with Crippen molar-refractivity contribution in [3.63, 3.8) is 0 Å². The molecule has 0 saturated carbocycles. The number of ether oxygens (including phenoxy) is 2. The summed E-state index contributed by atoms with van der Waals surface area (Å²) in [6, 6.07) is 0. The third-order valence-corrected chi connectivity index (χ3v) is 6.83. The Kier molecular flexibility index (Phi) is 5.23. The van der Waals surface area contributed by atoms with Crippen molar-refractivity contribution in [3.8, 4) is 0 Å². The highest BCUT2D eigenvalue weighted by Crippen LogP contribution is 2.42. The molecular weight excluding hydrogens is 467 g/mol.